The Morgan fingerprint density at radius 3 is 2.71 bits per heavy atom. The highest BCUT2D eigenvalue weighted by Crippen LogP contribution is 2.24. The van der Waals surface area contributed by atoms with Gasteiger partial charge in [-0.15, -0.1) is 0 Å². The van der Waals surface area contributed by atoms with Crippen LogP contribution in [-0.2, 0) is 12.3 Å². The Kier molecular flexibility index (Phi) is 6.40. The standard InChI is InChI=1S/C13H22N2OS/c1-15(2)9-11-4-5-13(16-3)12(8-11)10-17-7-6-14/h4-5,8H,6-7,9-10,14H2,1-3H3. The first-order valence-corrected chi connectivity index (χ1v) is 6.91. The van der Waals surface area contributed by atoms with Gasteiger partial charge in [-0.05, 0) is 31.8 Å². The maximum Gasteiger partial charge on any atom is 0.122 e. The molecule has 1 aromatic carbocycles. The third-order valence-corrected chi connectivity index (χ3v) is 3.40. The molecule has 1 rings (SSSR count). The number of hydrogen-bond donors (Lipinski definition) is 1. The van der Waals surface area contributed by atoms with E-state index in [1.807, 2.05) is 11.8 Å². The summed E-state index contributed by atoms with van der Waals surface area (Å²) in [5.74, 6) is 2.92. The molecule has 1 aromatic rings. The van der Waals surface area contributed by atoms with Crippen LogP contribution in [0.4, 0.5) is 0 Å². The maximum absolute atomic E-state index is 5.50. The van der Waals surface area contributed by atoms with Crippen molar-refractivity contribution in [2.24, 2.45) is 5.73 Å². The Bertz CT molecular complexity index is 342. The van der Waals surface area contributed by atoms with Crippen molar-refractivity contribution in [1.82, 2.24) is 4.90 Å². The largest absolute Gasteiger partial charge is 0.496 e. The van der Waals surface area contributed by atoms with E-state index in [1.165, 1.54) is 11.1 Å². The van der Waals surface area contributed by atoms with Crippen LogP contribution in [0.2, 0.25) is 0 Å². The number of nitrogens with two attached hydrogens (primary N) is 1. The van der Waals surface area contributed by atoms with Gasteiger partial charge >= 0.3 is 0 Å². The molecule has 0 heterocycles. The average Bonchev–Trinajstić information content (AvgIpc) is 2.29. The molecule has 4 heteroatoms. The normalized spacial score (nSPS) is 10.9. The van der Waals surface area contributed by atoms with Crippen molar-refractivity contribution in [2.75, 3.05) is 33.5 Å². The second-order valence-electron chi connectivity index (χ2n) is 4.23. The lowest BCUT2D eigenvalue weighted by atomic mass is 10.1. The first kappa shape index (κ1) is 14.4. The minimum atomic E-state index is 0.727. The van der Waals surface area contributed by atoms with Gasteiger partial charge in [0.2, 0.25) is 0 Å². The van der Waals surface area contributed by atoms with E-state index in [-0.39, 0.29) is 0 Å². The molecule has 0 atom stereocenters. The summed E-state index contributed by atoms with van der Waals surface area (Å²) in [7, 11) is 5.87. The summed E-state index contributed by atoms with van der Waals surface area (Å²) in [6, 6.07) is 6.40. The minimum absolute atomic E-state index is 0.727. The molecular weight excluding hydrogens is 232 g/mol. The molecule has 0 aromatic heterocycles. The van der Waals surface area contributed by atoms with Crippen LogP contribution in [0.25, 0.3) is 0 Å². The lowest BCUT2D eigenvalue weighted by Gasteiger charge is -2.13. The zero-order valence-corrected chi connectivity index (χ0v) is 11.7. The minimum Gasteiger partial charge on any atom is -0.496 e. The summed E-state index contributed by atoms with van der Waals surface area (Å²) < 4.78 is 5.38. The molecule has 96 valence electrons. The molecule has 0 aliphatic heterocycles. The highest BCUT2D eigenvalue weighted by molar-refractivity contribution is 7.98. The molecule has 0 saturated carbocycles. The van der Waals surface area contributed by atoms with E-state index < -0.39 is 0 Å². The summed E-state index contributed by atoms with van der Waals surface area (Å²) in [6.07, 6.45) is 0. The SMILES string of the molecule is COc1ccc(CN(C)C)cc1CSCCN. The number of rotatable bonds is 7. The van der Waals surface area contributed by atoms with Gasteiger partial charge in [-0.2, -0.15) is 11.8 Å². The topological polar surface area (TPSA) is 38.5 Å². The van der Waals surface area contributed by atoms with Crippen LogP contribution in [0, 0.1) is 0 Å². The molecule has 0 bridgehead atoms. The van der Waals surface area contributed by atoms with Gasteiger partial charge in [0.1, 0.15) is 5.75 Å². The number of benzene rings is 1. The van der Waals surface area contributed by atoms with Gasteiger partial charge in [0, 0.05) is 30.2 Å². The van der Waals surface area contributed by atoms with Gasteiger partial charge in [-0.25, -0.2) is 0 Å². The summed E-state index contributed by atoms with van der Waals surface area (Å²) in [5, 5.41) is 0. The molecule has 0 aliphatic carbocycles. The Hall–Kier alpha value is -0.710. The quantitative estimate of drug-likeness (QED) is 0.755. The van der Waals surface area contributed by atoms with Crippen LogP contribution in [-0.4, -0.2) is 38.4 Å². The van der Waals surface area contributed by atoms with Gasteiger partial charge in [-0.1, -0.05) is 6.07 Å². The van der Waals surface area contributed by atoms with Crippen LogP contribution in [0.15, 0.2) is 18.2 Å². The molecule has 0 spiro atoms. The van der Waals surface area contributed by atoms with E-state index in [9.17, 15) is 0 Å². The molecule has 3 nitrogen and oxygen atoms in total. The molecular formula is C13H22N2OS. The van der Waals surface area contributed by atoms with E-state index >= 15 is 0 Å². The van der Waals surface area contributed by atoms with Gasteiger partial charge in [0.15, 0.2) is 0 Å². The summed E-state index contributed by atoms with van der Waals surface area (Å²) in [6.45, 7) is 1.68. The van der Waals surface area contributed by atoms with E-state index in [0.717, 1.165) is 30.3 Å². The van der Waals surface area contributed by atoms with Crippen molar-refractivity contribution in [1.29, 1.82) is 0 Å². The predicted molar refractivity (Wildman–Crippen MR) is 75.6 cm³/mol. The van der Waals surface area contributed by atoms with Gasteiger partial charge in [0.25, 0.3) is 0 Å². The Balaban J connectivity index is 2.75. The fraction of sp³-hybridized carbons (Fsp3) is 0.538. The van der Waals surface area contributed by atoms with Crippen LogP contribution >= 0.6 is 11.8 Å². The third-order valence-electron chi connectivity index (χ3n) is 2.36. The lowest BCUT2D eigenvalue weighted by Crippen LogP contribution is -2.11. The first-order chi connectivity index (χ1) is 8.17. The fourth-order valence-corrected chi connectivity index (χ4v) is 2.43. The van der Waals surface area contributed by atoms with Crippen molar-refractivity contribution in [3.63, 3.8) is 0 Å². The van der Waals surface area contributed by atoms with Crippen molar-refractivity contribution in [3.8, 4) is 5.75 Å². The van der Waals surface area contributed by atoms with Gasteiger partial charge < -0.3 is 15.4 Å². The summed E-state index contributed by atoms with van der Waals surface area (Å²) in [4.78, 5) is 2.17. The molecule has 17 heavy (non-hydrogen) atoms. The average molecular weight is 254 g/mol. The van der Waals surface area contributed by atoms with E-state index in [1.54, 1.807) is 7.11 Å². The highest BCUT2D eigenvalue weighted by atomic mass is 32.2. The smallest absolute Gasteiger partial charge is 0.122 e. The highest BCUT2D eigenvalue weighted by Gasteiger charge is 2.05. The van der Waals surface area contributed by atoms with E-state index in [2.05, 4.69) is 37.2 Å². The van der Waals surface area contributed by atoms with Gasteiger partial charge in [-0.3, -0.25) is 0 Å². The zero-order chi connectivity index (χ0) is 12.7. The number of methoxy groups -OCH3 is 1. The maximum atomic E-state index is 5.50. The predicted octanol–water partition coefficient (Wildman–Crippen LogP) is 1.95. The van der Waals surface area contributed by atoms with Crippen LogP contribution < -0.4 is 10.5 Å². The molecule has 0 saturated heterocycles. The fourth-order valence-electron chi connectivity index (χ4n) is 1.67. The Labute approximate surface area is 108 Å². The lowest BCUT2D eigenvalue weighted by molar-refractivity contribution is 0.398. The molecule has 0 radical (unpaired) electrons. The number of hydrogen-bond acceptors (Lipinski definition) is 4. The van der Waals surface area contributed by atoms with Crippen LogP contribution in [0.5, 0.6) is 5.75 Å². The zero-order valence-electron chi connectivity index (χ0n) is 10.9. The van der Waals surface area contributed by atoms with Crippen molar-refractivity contribution in [3.05, 3.63) is 29.3 Å². The van der Waals surface area contributed by atoms with Crippen LogP contribution in [0.1, 0.15) is 11.1 Å². The molecule has 2 N–H and O–H groups in total. The summed E-state index contributed by atoms with van der Waals surface area (Å²) >= 11 is 1.84. The Morgan fingerprint density at radius 1 is 1.35 bits per heavy atom. The van der Waals surface area contributed by atoms with Crippen molar-refractivity contribution in [2.45, 2.75) is 12.3 Å². The first-order valence-electron chi connectivity index (χ1n) is 5.75. The molecule has 0 amide bonds. The number of thioether (sulfide) groups is 1. The Morgan fingerprint density at radius 2 is 2.12 bits per heavy atom. The number of nitrogens with zero attached hydrogens (tertiary/aromatic N) is 1. The van der Waals surface area contributed by atoms with E-state index in [0.29, 0.717) is 0 Å². The monoisotopic (exact) mass is 254 g/mol. The molecule has 0 fully saturated rings. The van der Waals surface area contributed by atoms with E-state index in [4.69, 9.17) is 10.5 Å². The molecule has 0 unspecified atom stereocenters. The van der Waals surface area contributed by atoms with Gasteiger partial charge in [0.05, 0.1) is 7.11 Å². The second-order valence-corrected chi connectivity index (χ2v) is 5.33. The molecule has 0 aliphatic rings. The third kappa shape index (κ3) is 4.98. The van der Waals surface area contributed by atoms with Crippen molar-refractivity contribution >= 4 is 11.8 Å². The number of ether oxygens (including phenoxy) is 1. The summed E-state index contributed by atoms with van der Waals surface area (Å²) in [5.41, 5.74) is 8.07. The second kappa shape index (κ2) is 7.58. The van der Waals surface area contributed by atoms with Crippen molar-refractivity contribution < 1.29 is 4.74 Å². The van der Waals surface area contributed by atoms with Crippen LogP contribution in [0.3, 0.4) is 0 Å².